The number of aromatic amines is 1. The SMILES string of the molecule is FC(F)(F)c1[nH]ncc1I. The lowest BCUT2D eigenvalue weighted by molar-refractivity contribution is -0.141. The Morgan fingerprint density at radius 3 is 2.30 bits per heavy atom. The van der Waals surface area contributed by atoms with Crippen LogP contribution in [0, 0.1) is 3.57 Å². The van der Waals surface area contributed by atoms with Crippen LogP contribution in [0.1, 0.15) is 5.69 Å². The van der Waals surface area contributed by atoms with Crippen LogP contribution in [0.5, 0.6) is 0 Å². The van der Waals surface area contributed by atoms with E-state index in [0.717, 1.165) is 6.20 Å². The van der Waals surface area contributed by atoms with Gasteiger partial charge in [0.1, 0.15) is 0 Å². The third kappa shape index (κ3) is 1.41. The van der Waals surface area contributed by atoms with Crippen molar-refractivity contribution in [3.63, 3.8) is 0 Å². The van der Waals surface area contributed by atoms with Crippen LogP contribution >= 0.6 is 22.6 Å². The van der Waals surface area contributed by atoms with Crippen molar-refractivity contribution in [2.45, 2.75) is 6.18 Å². The fraction of sp³-hybridized carbons (Fsp3) is 0.250. The highest BCUT2D eigenvalue weighted by molar-refractivity contribution is 14.1. The third-order valence-corrected chi connectivity index (χ3v) is 1.69. The molecule has 10 heavy (non-hydrogen) atoms. The van der Waals surface area contributed by atoms with Gasteiger partial charge in [-0.25, -0.2) is 0 Å². The van der Waals surface area contributed by atoms with Gasteiger partial charge in [0.2, 0.25) is 0 Å². The molecule has 1 heterocycles. The van der Waals surface area contributed by atoms with E-state index in [9.17, 15) is 13.2 Å². The van der Waals surface area contributed by atoms with Crippen molar-refractivity contribution in [1.29, 1.82) is 0 Å². The van der Waals surface area contributed by atoms with Crippen molar-refractivity contribution in [1.82, 2.24) is 10.2 Å². The summed E-state index contributed by atoms with van der Waals surface area (Å²) in [6.45, 7) is 0. The summed E-state index contributed by atoms with van der Waals surface area (Å²) in [6.07, 6.45) is -3.18. The van der Waals surface area contributed by atoms with E-state index in [1.165, 1.54) is 0 Å². The number of rotatable bonds is 0. The van der Waals surface area contributed by atoms with Gasteiger partial charge in [-0.3, -0.25) is 5.10 Å². The molecule has 0 fully saturated rings. The van der Waals surface area contributed by atoms with Crippen LogP contribution in [0.15, 0.2) is 6.20 Å². The molecule has 1 aromatic heterocycles. The van der Waals surface area contributed by atoms with Crippen molar-refractivity contribution < 1.29 is 13.2 Å². The number of H-pyrrole nitrogens is 1. The largest absolute Gasteiger partial charge is 0.433 e. The van der Waals surface area contributed by atoms with Gasteiger partial charge >= 0.3 is 6.18 Å². The number of nitrogens with zero attached hydrogens (tertiary/aromatic N) is 1. The highest BCUT2D eigenvalue weighted by atomic mass is 127. The van der Waals surface area contributed by atoms with Gasteiger partial charge in [0.05, 0.1) is 9.77 Å². The second-order valence-electron chi connectivity index (χ2n) is 1.59. The van der Waals surface area contributed by atoms with Gasteiger partial charge in [0.25, 0.3) is 0 Å². The molecule has 0 aliphatic heterocycles. The molecule has 1 rings (SSSR count). The molecular weight excluding hydrogens is 260 g/mol. The first-order valence-electron chi connectivity index (χ1n) is 2.28. The van der Waals surface area contributed by atoms with E-state index < -0.39 is 11.9 Å². The molecule has 1 N–H and O–H groups in total. The van der Waals surface area contributed by atoms with Gasteiger partial charge in [-0.2, -0.15) is 18.3 Å². The summed E-state index contributed by atoms with van der Waals surface area (Å²) in [4.78, 5) is 0. The Kier molecular flexibility index (Phi) is 1.88. The molecule has 2 nitrogen and oxygen atoms in total. The zero-order valence-electron chi connectivity index (χ0n) is 4.54. The van der Waals surface area contributed by atoms with Gasteiger partial charge in [-0.1, -0.05) is 0 Å². The predicted molar refractivity (Wildman–Crippen MR) is 36.3 cm³/mol. The van der Waals surface area contributed by atoms with E-state index in [2.05, 4.69) is 5.10 Å². The monoisotopic (exact) mass is 262 g/mol. The fourth-order valence-electron chi connectivity index (χ4n) is 0.470. The molecule has 0 amide bonds. The van der Waals surface area contributed by atoms with E-state index in [0.29, 0.717) is 0 Å². The summed E-state index contributed by atoms with van der Waals surface area (Å²) in [7, 11) is 0. The smallest absolute Gasteiger partial charge is 0.273 e. The molecule has 6 heteroatoms. The number of halogens is 4. The van der Waals surface area contributed by atoms with Crippen molar-refractivity contribution in [3.05, 3.63) is 15.5 Å². The number of nitrogens with one attached hydrogen (secondary N) is 1. The van der Waals surface area contributed by atoms with Crippen molar-refractivity contribution in [3.8, 4) is 0 Å². The van der Waals surface area contributed by atoms with Crippen LogP contribution in [0.25, 0.3) is 0 Å². The third-order valence-electron chi connectivity index (χ3n) is 0.877. The van der Waals surface area contributed by atoms with Crippen molar-refractivity contribution >= 4 is 22.6 Å². The summed E-state index contributed by atoms with van der Waals surface area (Å²) in [5.74, 6) is 0. The molecule has 0 saturated carbocycles. The van der Waals surface area contributed by atoms with Crippen molar-refractivity contribution in [2.24, 2.45) is 0 Å². The highest BCUT2D eigenvalue weighted by Gasteiger charge is 2.34. The van der Waals surface area contributed by atoms with Crippen LogP contribution < -0.4 is 0 Å². The van der Waals surface area contributed by atoms with Crippen LogP contribution in [-0.4, -0.2) is 10.2 Å². The topological polar surface area (TPSA) is 28.7 Å². The predicted octanol–water partition coefficient (Wildman–Crippen LogP) is 2.03. The van der Waals surface area contributed by atoms with Gasteiger partial charge in [-0.15, -0.1) is 0 Å². The van der Waals surface area contributed by atoms with Gasteiger partial charge in [0.15, 0.2) is 5.69 Å². The van der Waals surface area contributed by atoms with Crippen molar-refractivity contribution in [2.75, 3.05) is 0 Å². The van der Waals surface area contributed by atoms with E-state index in [1.54, 1.807) is 22.6 Å². The van der Waals surface area contributed by atoms with Crippen LogP contribution in [0.3, 0.4) is 0 Å². The molecule has 0 unspecified atom stereocenters. The van der Waals surface area contributed by atoms with Gasteiger partial charge in [0, 0.05) is 0 Å². The maximum Gasteiger partial charge on any atom is 0.433 e. The molecule has 1 aromatic rings. The van der Waals surface area contributed by atoms with Crippen LogP contribution in [0.4, 0.5) is 13.2 Å². The molecule has 0 aliphatic rings. The summed E-state index contributed by atoms with van der Waals surface area (Å²) < 4.78 is 35.5. The van der Waals surface area contributed by atoms with Crippen LogP contribution in [0.2, 0.25) is 0 Å². The molecular formula is C4H2F3IN2. The molecule has 0 spiro atoms. The zero-order chi connectivity index (χ0) is 7.78. The molecule has 0 aliphatic carbocycles. The molecule has 0 bridgehead atoms. The Morgan fingerprint density at radius 2 is 2.10 bits per heavy atom. The lowest BCUT2D eigenvalue weighted by Gasteiger charge is -2.01. The van der Waals surface area contributed by atoms with Gasteiger partial charge < -0.3 is 0 Å². The molecule has 0 saturated heterocycles. The lowest BCUT2D eigenvalue weighted by atomic mass is 10.4. The quantitative estimate of drug-likeness (QED) is 0.712. The number of alkyl halides is 3. The normalized spacial score (nSPS) is 12.0. The molecule has 0 aromatic carbocycles. The summed E-state index contributed by atoms with van der Waals surface area (Å²) in [5.41, 5.74) is -0.784. The number of aromatic nitrogens is 2. The van der Waals surface area contributed by atoms with Crippen LogP contribution in [-0.2, 0) is 6.18 Å². The second-order valence-corrected chi connectivity index (χ2v) is 2.75. The Labute approximate surface area is 68.0 Å². The highest BCUT2D eigenvalue weighted by Crippen LogP contribution is 2.30. The molecule has 0 radical (unpaired) electrons. The summed E-state index contributed by atoms with van der Waals surface area (Å²) in [5, 5.41) is 5.10. The minimum Gasteiger partial charge on any atom is -0.273 e. The maximum absolute atomic E-state index is 11.8. The minimum absolute atomic E-state index is 0.0881. The average molecular weight is 262 g/mol. The van der Waals surface area contributed by atoms with Gasteiger partial charge in [-0.05, 0) is 22.6 Å². The maximum atomic E-state index is 11.8. The number of hydrogen-bond acceptors (Lipinski definition) is 1. The fourth-order valence-corrected chi connectivity index (χ4v) is 1.04. The summed E-state index contributed by atoms with van der Waals surface area (Å²) >= 11 is 1.57. The standard InChI is InChI=1S/C4H2F3IN2/c5-4(6,7)3-2(8)1-9-10-3/h1H,(H,9,10). The first-order valence-corrected chi connectivity index (χ1v) is 3.36. The van der Waals surface area contributed by atoms with E-state index in [-0.39, 0.29) is 3.57 Å². The molecule has 0 atom stereocenters. The van der Waals surface area contributed by atoms with E-state index in [1.807, 2.05) is 5.10 Å². The summed E-state index contributed by atoms with van der Waals surface area (Å²) in [6, 6.07) is 0. The molecule has 56 valence electrons. The average Bonchev–Trinajstić information content (AvgIpc) is 2.11. The first kappa shape index (κ1) is 7.83. The Balaban J connectivity index is 3.05. The van der Waals surface area contributed by atoms with E-state index in [4.69, 9.17) is 0 Å². The number of hydrogen-bond donors (Lipinski definition) is 1. The van der Waals surface area contributed by atoms with E-state index >= 15 is 0 Å². The zero-order valence-corrected chi connectivity index (χ0v) is 6.69. The minimum atomic E-state index is -4.31. The lowest BCUT2D eigenvalue weighted by Crippen LogP contribution is -2.07. The Hall–Kier alpha value is -0.270. The Morgan fingerprint density at radius 1 is 1.50 bits per heavy atom. The second kappa shape index (κ2) is 2.40. The first-order chi connectivity index (χ1) is 4.52. The Bertz CT molecular complexity index is 229.